The Balaban J connectivity index is 1.07. The third-order valence-corrected chi connectivity index (χ3v) is 14.8. The zero-order chi connectivity index (χ0) is 50.7. The average Bonchev–Trinajstić information content (AvgIpc) is 4.26. The predicted molar refractivity (Wildman–Crippen MR) is 320 cm³/mol. The molecule has 0 aliphatic heterocycles. The van der Waals surface area contributed by atoms with Crippen LogP contribution in [0.5, 0.6) is 0 Å². The molecule has 0 amide bonds. The summed E-state index contributed by atoms with van der Waals surface area (Å²) in [6.07, 6.45) is 5.95. The van der Waals surface area contributed by atoms with Crippen molar-refractivity contribution in [3.8, 4) is 27.9 Å². The quantitative estimate of drug-likeness (QED) is 0.129. The summed E-state index contributed by atoms with van der Waals surface area (Å²) in [5.41, 5.74) is 16.9. The van der Waals surface area contributed by atoms with Gasteiger partial charge in [0.25, 0.3) is 0 Å². The van der Waals surface area contributed by atoms with E-state index in [4.69, 9.17) is 8.83 Å². The minimum Gasteiger partial charge on any atom is -0.454 e. The van der Waals surface area contributed by atoms with E-state index in [-0.39, 0.29) is 0 Å². The van der Waals surface area contributed by atoms with Crippen molar-refractivity contribution in [3.05, 3.63) is 273 Å². The summed E-state index contributed by atoms with van der Waals surface area (Å²) >= 11 is 0. The number of hydrogen-bond donors (Lipinski definition) is 0. The Bertz CT molecular complexity index is 4510. The number of aromatic nitrogens is 1. The molecule has 76 heavy (non-hydrogen) atoms. The molecule has 0 atom stereocenters. The molecule has 0 saturated heterocycles. The summed E-state index contributed by atoms with van der Waals surface area (Å²) in [5.74, 6) is 0.711. The number of nitrogens with zero attached hydrogens (tertiary/aromatic N) is 3. The molecule has 0 saturated carbocycles. The second-order valence-corrected chi connectivity index (χ2v) is 19.2. The highest BCUT2D eigenvalue weighted by molar-refractivity contribution is 6.19. The van der Waals surface area contributed by atoms with Gasteiger partial charge < -0.3 is 23.2 Å². The standard InChI is InChI=1S/C71H49N3O2/c1-3-20-59-62-30-18-32-64(70(62)75-67(59)4-2)73(65-33-19-31-63-60-29-16-17-34-68(60)76-71(63)65)56-44-51(43-55(46-56)72(52-24-10-6-11-25-52)53-26-12-7-13-27-53)50-38-41-58-61-42-37-49-23-14-15-28-57(49)69(61)74(66(58)45-50)54-39-35-48(36-40-54)47-21-8-5-9-22-47/h3-46H,2H2,1H3/b20-3-. The van der Waals surface area contributed by atoms with Gasteiger partial charge in [0.15, 0.2) is 11.2 Å². The van der Waals surface area contributed by atoms with Crippen LogP contribution in [-0.2, 0) is 0 Å². The van der Waals surface area contributed by atoms with Crippen molar-refractivity contribution in [3.63, 3.8) is 0 Å². The first kappa shape index (κ1) is 44.6. The second-order valence-electron chi connectivity index (χ2n) is 19.2. The molecule has 0 aliphatic rings. The smallest absolute Gasteiger partial charge is 0.159 e. The van der Waals surface area contributed by atoms with Gasteiger partial charge in [-0.3, -0.25) is 0 Å². The van der Waals surface area contributed by atoms with Crippen LogP contribution in [0, 0.1) is 0 Å². The molecule has 0 N–H and O–H groups in total. The van der Waals surface area contributed by atoms with Crippen molar-refractivity contribution in [2.24, 2.45) is 0 Å². The van der Waals surface area contributed by atoms with Crippen molar-refractivity contribution in [1.29, 1.82) is 0 Å². The number of hydrogen-bond acceptors (Lipinski definition) is 4. The summed E-state index contributed by atoms with van der Waals surface area (Å²) in [7, 11) is 0. The van der Waals surface area contributed by atoms with Gasteiger partial charge in [0.05, 0.1) is 22.4 Å². The van der Waals surface area contributed by atoms with E-state index < -0.39 is 0 Å². The molecule has 11 aromatic carbocycles. The van der Waals surface area contributed by atoms with Crippen molar-refractivity contribution < 1.29 is 8.83 Å². The number of para-hydroxylation sites is 5. The van der Waals surface area contributed by atoms with Gasteiger partial charge in [-0.1, -0.05) is 189 Å². The summed E-state index contributed by atoms with van der Waals surface area (Å²) in [6, 6.07) is 89.1. The van der Waals surface area contributed by atoms with E-state index in [1.165, 1.54) is 38.2 Å². The van der Waals surface area contributed by atoms with Crippen LogP contribution >= 0.6 is 0 Å². The van der Waals surface area contributed by atoms with Gasteiger partial charge in [-0.25, -0.2) is 0 Å². The Morgan fingerprint density at radius 1 is 0.408 bits per heavy atom. The largest absolute Gasteiger partial charge is 0.454 e. The van der Waals surface area contributed by atoms with E-state index in [0.717, 1.165) is 94.9 Å². The van der Waals surface area contributed by atoms with E-state index in [0.29, 0.717) is 5.76 Å². The van der Waals surface area contributed by atoms with E-state index in [1.807, 2.05) is 25.1 Å². The molecule has 0 radical (unpaired) electrons. The predicted octanol–water partition coefficient (Wildman–Crippen LogP) is 20.5. The molecule has 3 aromatic heterocycles. The van der Waals surface area contributed by atoms with Crippen LogP contribution in [0.1, 0.15) is 18.2 Å². The zero-order valence-electron chi connectivity index (χ0n) is 41.8. The Morgan fingerprint density at radius 2 is 0.987 bits per heavy atom. The lowest BCUT2D eigenvalue weighted by Crippen LogP contribution is -2.14. The Morgan fingerprint density at radius 3 is 1.70 bits per heavy atom. The SMILES string of the molecule is C=Cc1oc2c(N(c3cc(-c4ccc5c6ccc7ccccc7c6n(-c6ccc(-c7ccccc7)cc6)c5c4)cc(N(c4ccccc4)c4ccccc4)c3)c3cccc4c3oc3ccccc34)cccc2c1/C=C\C. The number of rotatable bonds is 11. The first-order valence-electron chi connectivity index (χ1n) is 25.8. The fraction of sp³-hybridized carbons (Fsp3) is 0.0141. The van der Waals surface area contributed by atoms with Crippen LogP contribution in [0.3, 0.4) is 0 Å². The Labute approximate surface area is 440 Å². The fourth-order valence-electron chi connectivity index (χ4n) is 11.4. The highest BCUT2D eigenvalue weighted by Gasteiger charge is 2.27. The van der Waals surface area contributed by atoms with Gasteiger partial charge in [-0.05, 0) is 120 Å². The number of fused-ring (bicyclic) bond motifs is 9. The molecule has 0 spiro atoms. The fourth-order valence-corrected chi connectivity index (χ4v) is 11.4. The molecule has 14 rings (SSSR count). The van der Waals surface area contributed by atoms with E-state index in [2.05, 4.69) is 264 Å². The minimum atomic E-state index is 0.711. The lowest BCUT2D eigenvalue weighted by Gasteiger charge is -2.30. The molecule has 0 fully saturated rings. The van der Waals surface area contributed by atoms with Crippen LogP contribution in [0.2, 0.25) is 0 Å². The Hall–Kier alpha value is -10.1. The van der Waals surface area contributed by atoms with E-state index >= 15 is 0 Å². The molecule has 14 aromatic rings. The molecule has 360 valence electrons. The van der Waals surface area contributed by atoms with Crippen molar-refractivity contribution in [2.75, 3.05) is 9.80 Å². The lowest BCUT2D eigenvalue weighted by molar-refractivity contribution is 0.604. The van der Waals surface area contributed by atoms with Crippen molar-refractivity contribution in [2.45, 2.75) is 6.92 Å². The maximum absolute atomic E-state index is 6.92. The molecule has 0 unspecified atom stereocenters. The average molecular weight is 976 g/mol. The molecule has 5 heteroatoms. The summed E-state index contributed by atoms with van der Waals surface area (Å²) in [4.78, 5) is 4.66. The van der Waals surface area contributed by atoms with Crippen molar-refractivity contribution in [1.82, 2.24) is 4.57 Å². The van der Waals surface area contributed by atoms with Gasteiger partial charge in [-0.15, -0.1) is 0 Å². The first-order valence-corrected chi connectivity index (χ1v) is 25.8. The van der Waals surface area contributed by atoms with Crippen LogP contribution < -0.4 is 9.80 Å². The van der Waals surface area contributed by atoms with Crippen molar-refractivity contribution >= 4 is 112 Å². The van der Waals surface area contributed by atoms with E-state index in [9.17, 15) is 0 Å². The number of benzene rings is 11. The second kappa shape index (κ2) is 18.4. The van der Waals surface area contributed by atoms with Crippen LogP contribution in [0.4, 0.5) is 34.1 Å². The highest BCUT2D eigenvalue weighted by atomic mass is 16.3. The number of anilines is 6. The van der Waals surface area contributed by atoms with Gasteiger partial charge in [-0.2, -0.15) is 0 Å². The number of allylic oxidation sites excluding steroid dienone is 1. The maximum Gasteiger partial charge on any atom is 0.159 e. The topological polar surface area (TPSA) is 37.7 Å². The summed E-state index contributed by atoms with van der Waals surface area (Å²) < 4.78 is 16.3. The third kappa shape index (κ3) is 7.39. The molecule has 5 nitrogen and oxygen atoms in total. The van der Waals surface area contributed by atoms with E-state index in [1.54, 1.807) is 6.08 Å². The van der Waals surface area contributed by atoms with Crippen LogP contribution in [-0.4, -0.2) is 4.57 Å². The van der Waals surface area contributed by atoms with Crippen LogP contribution in [0.15, 0.2) is 270 Å². The van der Waals surface area contributed by atoms with Gasteiger partial charge in [0.1, 0.15) is 11.3 Å². The van der Waals surface area contributed by atoms with Gasteiger partial charge >= 0.3 is 0 Å². The lowest BCUT2D eigenvalue weighted by atomic mass is 9.99. The Kier molecular flexibility index (Phi) is 10.8. The summed E-state index contributed by atoms with van der Waals surface area (Å²) in [6.45, 7) is 6.22. The minimum absolute atomic E-state index is 0.711. The molecular formula is C71H49N3O2. The summed E-state index contributed by atoms with van der Waals surface area (Å²) in [5, 5.41) is 7.86. The van der Waals surface area contributed by atoms with Gasteiger partial charge in [0.2, 0.25) is 0 Å². The highest BCUT2D eigenvalue weighted by Crippen LogP contribution is 2.49. The number of furan rings is 2. The normalized spacial score (nSPS) is 11.8. The zero-order valence-corrected chi connectivity index (χ0v) is 41.8. The monoisotopic (exact) mass is 975 g/mol. The molecule has 0 bridgehead atoms. The third-order valence-electron chi connectivity index (χ3n) is 14.8. The van der Waals surface area contributed by atoms with Crippen LogP contribution in [0.25, 0.3) is 106 Å². The molecule has 3 heterocycles. The van der Waals surface area contributed by atoms with Gasteiger partial charge in [0, 0.05) is 66.3 Å². The molecular weight excluding hydrogens is 927 g/mol. The molecule has 0 aliphatic carbocycles. The maximum atomic E-state index is 6.92. The first-order chi connectivity index (χ1) is 37.6.